The molecule has 90 valence electrons. The molecule has 1 fully saturated rings. The number of nitrogens with zero attached hydrogens (tertiary/aromatic N) is 1. The van der Waals surface area contributed by atoms with Crippen molar-refractivity contribution in [3.8, 4) is 0 Å². The second-order valence-electron chi connectivity index (χ2n) is 5.25. The number of hydrogen-bond donors (Lipinski definition) is 1. The maximum atomic E-state index is 5.38. The van der Waals surface area contributed by atoms with Crippen molar-refractivity contribution in [3.05, 3.63) is 0 Å². The van der Waals surface area contributed by atoms with Crippen molar-refractivity contribution in [3.63, 3.8) is 0 Å². The molecule has 0 aliphatic carbocycles. The number of methoxy groups -OCH3 is 1. The van der Waals surface area contributed by atoms with Crippen molar-refractivity contribution in [1.29, 1.82) is 0 Å². The molecule has 0 aromatic heterocycles. The molecule has 0 bridgehead atoms. The van der Waals surface area contributed by atoms with Gasteiger partial charge in [-0.3, -0.25) is 0 Å². The first-order chi connectivity index (χ1) is 7.03. The van der Waals surface area contributed by atoms with Crippen molar-refractivity contribution in [1.82, 2.24) is 10.2 Å². The van der Waals surface area contributed by atoms with Gasteiger partial charge in [0.2, 0.25) is 0 Å². The summed E-state index contributed by atoms with van der Waals surface area (Å²) >= 11 is 0. The molecule has 0 radical (unpaired) electrons. The van der Waals surface area contributed by atoms with Gasteiger partial charge in [0.05, 0.1) is 5.60 Å². The van der Waals surface area contributed by atoms with E-state index in [0.29, 0.717) is 6.04 Å². The highest BCUT2D eigenvalue weighted by atomic mass is 16.5. The Morgan fingerprint density at radius 2 is 1.93 bits per heavy atom. The lowest BCUT2D eigenvalue weighted by Crippen LogP contribution is -2.45. The van der Waals surface area contributed by atoms with E-state index in [0.717, 1.165) is 6.54 Å². The number of nitrogens with one attached hydrogen (secondary N) is 1. The van der Waals surface area contributed by atoms with Crippen LogP contribution in [-0.2, 0) is 4.74 Å². The molecule has 1 aliphatic heterocycles. The average molecular weight is 214 g/mol. The molecule has 0 aromatic rings. The summed E-state index contributed by atoms with van der Waals surface area (Å²) in [4.78, 5) is 2.54. The summed E-state index contributed by atoms with van der Waals surface area (Å²) in [7, 11) is 1.77. The van der Waals surface area contributed by atoms with Gasteiger partial charge in [0.1, 0.15) is 0 Å². The molecule has 0 aromatic carbocycles. The molecule has 0 saturated carbocycles. The van der Waals surface area contributed by atoms with Gasteiger partial charge in [0.15, 0.2) is 0 Å². The topological polar surface area (TPSA) is 24.5 Å². The molecular weight excluding hydrogens is 188 g/mol. The van der Waals surface area contributed by atoms with E-state index in [4.69, 9.17) is 4.74 Å². The largest absolute Gasteiger partial charge is 0.377 e. The Balaban J connectivity index is 2.15. The lowest BCUT2D eigenvalue weighted by atomic mass is 10.1. The smallest absolute Gasteiger partial charge is 0.0746 e. The van der Waals surface area contributed by atoms with Gasteiger partial charge in [-0.1, -0.05) is 0 Å². The van der Waals surface area contributed by atoms with E-state index in [1.807, 2.05) is 0 Å². The minimum Gasteiger partial charge on any atom is -0.377 e. The van der Waals surface area contributed by atoms with Crippen LogP contribution in [0.4, 0.5) is 0 Å². The molecule has 1 atom stereocenters. The third-order valence-electron chi connectivity index (χ3n) is 3.16. The van der Waals surface area contributed by atoms with Gasteiger partial charge in [0.25, 0.3) is 0 Å². The predicted molar refractivity (Wildman–Crippen MR) is 64.2 cm³/mol. The molecule has 3 heteroatoms. The Morgan fingerprint density at radius 1 is 1.33 bits per heavy atom. The van der Waals surface area contributed by atoms with Gasteiger partial charge in [0, 0.05) is 26.2 Å². The van der Waals surface area contributed by atoms with Crippen molar-refractivity contribution in [2.75, 3.05) is 33.3 Å². The zero-order chi connectivity index (χ0) is 11.3. The summed E-state index contributed by atoms with van der Waals surface area (Å²) in [5.41, 5.74) is -0.0563. The molecule has 0 spiro atoms. The van der Waals surface area contributed by atoms with E-state index in [2.05, 4.69) is 31.0 Å². The fraction of sp³-hybridized carbons (Fsp3) is 1.00. The molecule has 1 saturated heterocycles. The first-order valence-electron chi connectivity index (χ1n) is 6.04. The molecule has 3 nitrogen and oxygen atoms in total. The molecule has 1 rings (SSSR count). The highest BCUT2D eigenvalue weighted by Gasteiger charge is 2.19. The van der Waals surface area contributed by atoms with Gasteiger partial charge in [-0.15, -0.1) is 0 Å². The van der Waals surface area contributed by atoms with Crippen molar-refractivity contribution in [2.45, 2.75) is 45.3 Å². The first-order valence-corrected chi connectivity index (χ1v) is 6.04. The molecular formula is C12H26N2O. The van der Waals surface area contributed by atoms with E-state index >= 15 is 0 Å². The predicted octanol–water partition coefficient (Wildman–Crippen LogP) is 1.49. The van der Waals surface area contributed by atoms with E-state index in [1.54, 1.807) is 7.11 Å². The molecule has 1 N–H and O–H groups in total. The Kier molecular flexibility index (Phi) is 5.03. The van der Waals surface area contributed by atoms with E-state index < -0.39 is 0 Å². The summed E-state index contributed by atoms with van der Waals surface area (Å²) in [6, 6.07) is 0.553. The Bertz CT molecular complexity index is 176. The summed E-state index contributed by atoms with van der Waals surface area (Å²) < 4.78 is 5.38. The van der Waals surface area contributed by atoms with Crippen LogP contribution in [0.25, 0.3) is 0 Å². The maximum absolute atomic E-state index is 5.38. The first kappa shape index (κ1) is 12.9. The third kappa shape index (κ3) is 4.96. The maximum Gasteiger partial charge on any atom is 0.0746 e. The van der Waals surface area contributed by atoms with Crippen LogP contribution in [0, 0.1) is 0 Å². The van der Waals surface area contributed by atoms with E-state index in [-0.39, 0.29) is 5.60 Å². The van der Waals surface area contributed by atoms with Crippen LogP contribution >= 0.6 is 0 Å². The Hall–Kier alpha value is -0.120. The van der Waals surface area contributed by atoms with Gasteiger partial charge < -0.3 is 15.0 Å². The van der Waals surface area contributed by atoms with Crippen LogP contribution in [0.5, 0.6) is 0 Å². The van der Waals surface area contributed by atoms with Crippen LogP contribution < -0.4 is 5.32 Å². The van der Waals surface area contributed by atoms with Crippen molar-refractivity contribution in [2.24, 2.45) is 0 Å². The number of ether oxygens (including phenoxy) is 1. The van der Waals surface area contributed by atoms with Crippen molar-refractivity contribution < 1.29 is 4.74 Å². The lowest BCUT2D eigenvalue weighted by Gasteiger charge is -2.27. The van der Waals surface area contributed by atoms with E-state index in [9.17, 15) is 0 Å². The van der Waals surface area contributed by atoms with Gasteiger partial charge >= 0.3 is 0 Å². The fourth-order valence-electron chi connectivity index (χ4n) is 1.91. The van der Waals surface area contributed by atoms with Crippen LogP contribution in [0.2, 0.25) is 0 Å². The summed E-state index contributed by atoms with van der Waals surface area (Å²) in [6.07, 6.45) is 2.74. The van der Waals surface area contributed by atoms with Crippen LogP contribution in [0.3, 0.4) is 0 Å². The van der Waals surface area contributed by atoms with Gasteiger partial charge in [-0.2, -0.15) is 0 Å². The highest BCUT2D eigenvalue weighted by molar-refractivity contribution is 4.77. The molecule has 1 heterocycles. The quantitative estimate of drug-likeness (QED) is 0.725. The van der Waals surface area contributed by atoms with Crippen LogP contribution in [0.1, 0.15) is 33.6 Å². The number of likely N-dealkylation sites (tertiary alicyclic amines) is 1. The third-order valence-corrected chi connectivity index (χ3v) is 3.16. The SMILES string of the molecule is COC(C)(C)CNC(C)CN1CCCC1. The fourth-order valence-corrected chi connectivity index (χ4v) is 1.91. The average Bonchev–Trinajstić information content (AvgIpc) is 2.68. The van der Waals surface area contributed by atoms with Gasteiger partial charge in [-0.25, -0.2) is 0 Å². The standard InChI is InChI=1S/C12H26N2O/c1-11(9-14-7-5-6-8-14)13-10-12(2,3)15-4/h11,13H,5-10H2,1-4H3. The Labute approximate surface area is 94.2 Å². The monoisotopic (exact) mass is 214 g/mol. The number of rotatable bonds is 6. The summed E-state index contributed by atoms with van der Waals surface area (Å²) in [5.74, 6) is 0. The minimum absolute atomic E-state index is 0.0563. The summed E-state index contributed by atoms with van der Waals surface area (Å²) in [6.45, 7) is 11.1. The zero-order valence-corrected chi connectivity index (χ0v) is 10.7. The van der Waals surface area contributed by atoms with Crippen LogP contribution in [-0.4, -0.2) is 49.8 Å². The van der Waals surface area contributed by atoms with E-state index in [1.165, 1.54) is 32.5 Å². The number of hydrogen-bond acceptors (Lipinski definition) is 3. The molecule has 1 aliphatic rings. The minimum atomic E-state index is -0.0563. The second-order valence-corrected chi connectivity index (χ2v) is 5.25. The second kappa shape index (κ2) is 5.83. The molecule has 15 heavy (non-hydrogen) atoms. The molecule has 1 unspecified atom stereocenters. The van der Waals surface area contributed by atoms with Crippen molar-refractivity contribution >= 4 is 0 Å². The normalized spacial score (nSPS) is 20.8. The van der Waals surface area contributed by atoms with Gasteiger partial charge in [-0.05, 0) is 46.7 Å². The van der Waals surface area contributed by atoms with Crippen LogP contribution in [0.15, 0.2) is 0 Å². The summed E-state index contributed by atoms with van der Waals surface area (Å²) in [5, 5.41) is 3.53. The molecule has 0 amide bonds. The zero-order valence-electron chi connectivity index (χ0n) is 10.7. The Morgan fingerprint density at radius 3 is 2.47 bits per heavy atom. The highest BCUT2D eigenvalue weighted by Crippen LogP contribution is 2.09. The lowest BCUT2D eigenvalue weighted by molar-refractivity contribution is 0.0207.